The van der Waals surface area contributed by atoms with E-state index >= 15 is 0 Å². The average molecular weight is 372 g/mol. The van der Waals surface area contributed by atoms with Crippen LogP contribution in [0.2, 0.25) is 5.02 Å². The van der Waals surface area contributed by atoms with Crippen LogP contribution in [0.5, 0.6) is 0 Å². The number of carbonyl (C=O) groups is 1. The fourth-order valence-corrected chi connectivity index (χ4v) is 2.65. The Labute approximate surface area is 154 Å². The quantitative estimate of drug-likeness (QED) is 0.759. The summed E-state index contributed by atoms with van der Waals surface area (Å²) in [5.41, 5.74) is 0.935. The highest BCUT2D eigenvalue weighted by Crippen LogP contribution is 2.20. The van der Waals surface area contributed by atoms with Crippen LogP contribution in [-0.2, 0) is 0 Å². The Kier molecular flexibility index (Phi) is 4.86. The highest BCUT2D eigenvalue weighted by Gasteiger charge is 2.17. The molecule has 1 N–H and O–H groups in total. The van der Waals surface area contributed by atoms with E-state index in [-0.39, 0.29) is 11.4 Å². The molecule has 0 aliphatic carbocycles. The van der Waals surface area contributed by atoms with Crippen molar-refractivity contribution in [1.82, 2.24) is 9.78 Å². The SMILES string of the molecule is Cc1ccc(Cl)cc1NC(=O)c1nn(-c2ccccc2F)c(C)cc1=O. The number of hydrogen-bond donors (Lipinski definition) is 1. The molecule has 26 heavy (non-hydrogen) atoms. The first kappa shape index (κ1) is 17.8. The van der Waals surface area contributed by atoms with Gasteiger partial charge in [-0.25, -0.2) is 9.07 Å². The predicted molar refractivity (Wildman–Crippen MR) is 98.7 cm³/mol. The summed E-state index contributed by atoms with van der Waals surface area (Å²) in [7, 11) is 0. The topological polar surface area (TPSA) is 64.0 Å². The van der Waals surface area contributed by atoms with Crippen LogP contribution in [0.3, 0.4) is 0 Å². The summed E-state index contributed by atoms with van der Waals surface area (Å²) in [5.74, 6) is -1.20. The predicted octanol–water partition coefficient (Wildman–Crippen LogP) is 3.89. The van der Waals surface area contributed by atoms with Gasteiger partial charge in [-0.15, -0.1) is 0 Å². The number of nitrogens with zero attached hydrogens (tertiary/aromatic N) is 2. The van der Waals surface area contributed by atoms with Gasteiger partial charge < -0.3 is 5.32 Å². The van der Waals surface area contributed by atoms with Gasteiger partial charge in [0.15, 0.2) is 5.69 Å². The van der Waals surface area contributed by atoms with Gasteiger partial charge in [0.1, 0.15) is 11.5 Å². The lowest BCUT2D eigenvalue weighted by atomic mass is 10.2. The molecule has 1 heterocycles. The molecule has 132 valence electrons. The Morgan fingerprint density at radius 2 is 1.88 bits per heavy atom. The highest BCUT2D eigenvalue weighted by atomic mass is 35.5. The maximum absolute atomic E-state index is 14.1. The summed E-state index contributed by atoms with van der Waals surface area (Å²) in [6, 6.07) is 12.3. The number of halogens is 2. The molecule has 0 saturated heterocycles. The molecule has 2 aromatic carbocycles. The third-order valence-corrected chi connectivity index (χ3v) is 4.09. The van der Waals surface area contributed by atoms with Crippen molar-refractivity contribution in [2.75, 3.05) is 5.32 Å². The first-order valence-electron chi connectivity index (χ1n) is 7.80. The van der Waals surface area contributed by atoms with Crippen LogP contribution in [0, 0.1) is 19.7 Å². The van der Waals surface area contributed by atoms with Crippen LogP contribution in [0.25, 0.3) is 5.69 Å². The molecule has 0 aliphatic rings. The first-order chi connectivity index (χ1) is 12.4. The van der Waals surface area contributed by atoms with E-state index in [0.29, 0.717) is 16.4 Å². The van der Waals surface area contributed by atoms with E-state index in [0.717, 1.165) is 5.56 Å². The summed E-state index contributed by atoms with van der Waals surface area (Å²) < 4.78 is 15.3. The van der Waals surface area contributed by atoms with Crippen molar-refractivity contribution in [3.05, 3.63) is 86.5 Å². The van der Waals surface area contributed by atoms with Crippen molar-refractivity contribution in [2.24, 2.45) is 0 Å². The van der Waals surface area contributed by atoms with E-state index in [1.807, 2.05) is 0 Å². The molecule has 1 amide bonds. The lowest BCUT2D eigenvalue weighted by molar-refractivity contribution is 0.101. The van der Waals surface area contributed by atoms with Crippen LogP contribution in [0.4, 0.5) is 10.1 Å². The van der Waals surface area contributed by atoms with Gasteiger partial charge in [-0.3, -0.25) is 9.59 Å². The van der Waals surface area contributed by atoms with Gasteiger partial charge in [-0.05, 0) is 43.7 Å². The molecule has 1 aromatic heterocycles. The molecule has 3 aromatic rings. The normalized spacial score (nSPS) is 10.6. The summed E-state index contributed by atoms with van der Waals surface area (Å²) in [4.78, 5) is 24.8. The zero-order valence-electron chi connectivity index (χ0n) is 14.1. The van der Waals surface area contributed by atoms with Gasteiger partial charge in [0.2, 0.25) is 5.43 Å². The van der Waals surface area contributed by atoms with E-state index in [4.69, 9.17) is 11.6 Å². The monoisotopic (exact) mass is 371 g/mol. The minimum atomic E-state index is -0.689. The number of carbonyl (C=O) groups excluding carboxylic acids is 1. The van der Waals surface area contributed by atoms with E-state index in [2.05, 4.69) is 10.4 Å². The number of amides is 1. The van der Waals surface area contributed by atoms with Crippen molar-refractivity contribution in [3.63, 3.8) is 0 Å². The minimum Gasteiger partial charge on any atom is -0.320 e. The van der Waals surface area contributed by atoms with Crippen LogP contribution in [0.15, 0.2) is 53.3 Å². The second kappa shape index (κ2) is 7.09. The van der Waals surface area contributed by atoms with Crippen LogP contribution in [-0.4, -0.2) is 15.7 Å². The molecular formula is C19H15ClFN3O2. The molecular weight excluding hydrogens is 357 g/mol. The summed E-state index contributed by atoms with van der Waals surface area (Å²) in [6.07, 6.45) is 0. The van der Waals surface area contributed by atoms with Crippen LogP contribution >= 0.6 is 11.6 Å². The highest BCUT2D eigenvalue weighted by molar-refractivity contribution is 6.31. The van der Waals surface area contributed by atoms with Crippen molar-refractivity contribution >= 4 is 23.2 Å². The van der Waals surface area contributed by atoms with Crippen molar-refractivity contribution in [1.29, 1.82) is 0 Å². The molecule has 0 fully saturated rings. The third kappa shape index (κ3) is 3.50. The van der Waals surface area contributed by atoms with Gasteiger partial charge in [0.25, 0.3) is 5.91 Å². The average Bonchev–Trinajstić information content (AvgIpc) is 2.59. The standard InChI is InChI=1S/C19H15ClFN3O2/c1-11-7-8-13(20)10-15(11)22-19(26)18-17(25)9-12(2)24(23-18)16-6-4-3-5-14(16)21/h3-10H,1-2H3,(H,22,26). The van der Waals surface area contributed by atoms with Gasteiger partial charge in [0.05, 0.1) is 0 Å². The molecule has 0 bridgehead atoms. The molecule has 0 atom stereocenters. The maximum atomic E-state index is 14.1. The number of hydrogen-bond acceptors (Lipinski definition) is 3. The molecule has 0 aliphatic heterocycles. The smallest absolute Gasteiger partial charge is 0.280 e. The zero-order valence-corrected chi connectivity index (χ0v) is 14.8. The molecule has 5 nitrogen and oxygen atoms in total. The molecule has 0 unspecified atom stereocenters. The molecule has 0 radical (unpaired) electrons. The Balaban J connectivity index is 2.04. The fraction of sp³-hybridized carbons (Fsp3) is 0.105. The zero-order chi connectivity index (χ0) is 18.8. The van der Waals surface area contributed by atoms with Crippen molar-refractivity contribution in [2.45, 2.75) is 13.8 Å². The van der Waals surface area contributed by atoms with E-state index in [9.17, 15) is 14.0 Å². The van der Waals surface area contributed by atoms with E-state index in [1.165, 1.54) is 22.9 Å². The first-order valence-corrected chi connectivity index (χ1v) is 8.18. The number of benzene rings is 2. The summed E-state index contributed by atoms with van der Waals surface area (Å²) >= 11 is 5.95. The number of aryl methyl sites for hydroxylation is 2. The molecule has 0 saturated carbocycles. The summed E-state index contributed by atoms with van der Waals surface area (Å²) in [6.45, 7) is 3.41. The Morgan fingerprint density at radius 3 is 2.62 bits per heavy atom. The second-order valence-electron chi connectivity index (χ2n) is 5.78. The molecule has 7 heteroatoms. The van der Waals surface area contributed by atoms with Crippen molar-refractivity contribution < 1.29 is 9.18 Å². The fourth-order valence-electron chi connectivity index (χ4n) is 2.48. The number of aromatic nitrogens is 2. The van der Waals surface area contributed by atoms with Crippen LogP contribution in [0.1, 0.15) is 21.7 Å². The lowest BCUT2D eigenvalue weighted by Gasteiger charge is -2.12. The minimum absolute atomic E-state index is 0.151. The number of para-hydroxylation sites is 1. The van der Waals surface area contributed by atoms with Gasteiger partial charge in [-0.1, -0.05) is 29.8 Å². The van der Waals surface area contributed by atoms with Crippen LogP contribution < -0.4 is 10.7 Å². The number of rotatable bonds is 3. The van der Waals surface area contributed by atoms with Gasteiger partial charge in [0, 0.05) is 22.5 Å². The van der Waals surface area contributed by atoms with E-state index < -0.39 is 17.2 Å². The Bertz CT molecular complexity index is 1060. The molecule has 0 spiro atoms. The Morgan fingerprint density at radius 1 is 1.15 bits per heavy atom. The second-order valence-corrected chi connectivity index (χ2v) is 6.21. The summed E-state index contributed by atoms with van der Waals surface area (Å²) in [5, 5.41) is 7.15. The Hall–Kier alpha value is -2.99. The molecule has 3 rings (SSSR count). The van der Waals surface area contributed by atoms with Gasteiger partial charge >= 0.3 is 0 Å². The van der Waals surface area contributed by atoms with E-state index in [1.54, 1.807) is 44.2 Å². The maximum Gasteiger partial charge on any atom is 0.280 e. The largest absolute Gasteiger partial charge is 0.320 e. The number of nitrogens with one attached hydrogen (secondary N) is 1. The van der Waals surface area contributed by atoms with Gasteiger partial charge in [-0.2, -0.15) is 5.10 Å². The lowest BCUT2D eigenvalue weighted by Crippen LogP contribution is -2.27. The van der Waals surface area contributed by atoms with Crippen molar-refractivity contribution in [3.8, 4) is 5.69 Å². The third-order valence-electron chi connectivity index (χ3n) is 3.85. The number of anilines is 1.